The van der Waals surface area contributed by atoms with Crippen LogP contribution in [-0.2, 0) is 14.4 Å². The van der Waals surface area contributed by atoms with E-state index >= 15 is 0 Å². The molecule has 24 heavy (non-hydrogen) atoms. The highest BCUT2D eigenvalue weighted by Crippen LogP contribution is 2.29. The van der Waals surface area contributed by atoms with Crippen LogP contribution in [0.4, 0.5) is 10.8 Å². The summed E-state index contributed by atoms with van der Waals surface area (Å²) in [6, 6.07) is 4.06. The zero-order chi connectivity index (χ0) is 17.4. The van der Waals surface area contributed by atoms with Gasteiger partial charge in [-0.3, -0.25) is 29.8 Å². The van der Waals surface area contributed by atoms with E-state index in [-0.39, 0.29) is 15.1 Å². The van der Waals surface area contributed by atoms with Gasteiger partial charge >= 0.3 is 0 Å². The standard InChI is InChI=1S/C12H6N4O5S3/c17-7(8-10(19)15-12(22)24-8)9(18)14-11-13-5-2-1-4(16(20)21)3-6(5)23-11/h1-3,8H,(H,13,14,18)(H,15,19,22)/t8-/m1/s1. The maximum absolute atomic E-state index is 12.0. The molecule has 1 atom stereocenters. The van der Waals surface area contributed by atoms with Crippen molar-refractivity contribution in [1.29, 1.82) is 0 Å². The number of thiocarbonyl (C=S) groups is 1. The van der Waals surface area contributed by atoms with Crippen LogP contribution in [0.2, 0.25) is 0 Å². The Labute approximate surface area is 147 Å². The van der Waals surface area contributed by atoms with Gasteiger partial charge in [-0.25, -0.2) is 4.98 Å². The minimum atomic E-state index is -1.21. The van der Waals surface area contributed by atoms with Gasteiger partial charge in [-0.1, -0.05) is 35.3 Å². The minimum absolute atomic E-state index is 0.104. The zero-order valence-electron chi connectivity index (χ0n) is 11.5. The monoisotopic (exact) mass is 382 g/mol. The third-order valence-corrected chi connectivity index (χ3v) is 5.26. The van der Waals surface area contributed by atoms with Gasteiger partial charge in [-0.05, 0) is 6.07 Å². The molecule has 1 saturated heterocycles. The maximum atomic E-state index is 12.0. The van der Waals surface area contributed by atoms with Crippen molar-refractivity contribution in [2.75, 3.05) is 5.32 Å². The lowest BCUT2D eigenvalue weighted by molar-refractivity contribution is -0.384. The fourth-order valence-corrected chi connectivity index (χ4v) is 3.92. The third kappa shape index (κ3) is 3.11. The molecular formula is C12H6N4O5S3. The number of Topliss-reactive ketones (excluding diaryl/α,β-unsaturated/α-hetero) is 1. The number of fused-ring (bicyclic) bond motifs is 1. The highest BCUT2D eigenvalue weighted by molar-refractivity contribution is 8.25. The average Bonchev–Trinajstić information content (AvgIpc) is 3.07. The highest BCUT2D eigenvalue weighted by Gasteiger charge is 2.38. The number of nitrogens with zero attached hydrogens (tertiary/aromatic N) is 2. The molecule has 12 heteroatoms. The van der Waals surface area contributed by atoms with Crippen LogP contribution in [0.15, 0.2) is 18.2 Å². The number of nitro groups is 1. The van der Waals surface area contributed by atoms with E-state index in [4.69, 9.17) is 12.2 Å². The normalized spacial score (nSPS) is 16.9. The summed E-state index contributed by atoms with van der Waals surface area (Å²) < 4.78 is 0.625. The number of carbonyl (C=O) groups excluding carboxylic acids is 3. The number of thiazole rings is 1. The van der Waals surface area contributed by atoms with Crippen LogP contribution in [0.25, 0.3) is 10.2 Å². The van der Waals surface area contributed by atoms with Gasteiger partial charge in [-0.2, -0.15) is 0 Å². The van der Waals surface area contributed by atoms with Gasteiger partial charge in [0.2, 0.25) is 11.7 Å². The predicted octanol–water partition coefficient (Wildman–Crippen LogP) is 1.23. The van der Waals surface area contributed by atoms with Crippen molar-refractivity contribution in [3.8, 4) is 0 Å². The number of aromatic nitrogens is 1. The van der Waals surface area contributed by atoms with Crippen LogP contribution < -0.4 is 10.6 Å². The third-order valence-electron chi connectivity index (χ3n) is 2.95. The number of ketones is 1. The van der Waals surface area contributed by atoms with E-state index in [1.807, 2.05) is 0 Å². The average molecular weight is 382 g/mol. The molecule has 1 aliphatic rings. The van der Waals surface area contributed by atoms with E-state index in [0.717, 1.165) is 23.1 Å². The van der Waals surface area contributed by atoms with Gasteiger partial charge < -0.3 is 5.32 Å². The van der Waals surface area contributed by atoms with Crippen molar-refractivity contribution < 1.29 is 19.3 Å². The summed E-state index contributed by atoms with van der Waals surface area (Å²) in [5, 5.41) is 14.2. The molecule has 0 bridgehead atoms. The Morgan fingerprint density at radius 3 is 2.79 bits per heavy atom. The van der Waals surface area contributed by atoms with E-state index < -0.39 is 27.8 Å². The Balaban J connectivity index is 1.78. The predicted molar refractivity (Wildman–Crippen MR) is 92.0 cm³/mol. The largest absolute Gasteiger partial charge is 0.310 e. The molecule has 1 aromatic heterocycles. The summed E-state index contributed by atoms with van der Waals surface area (Å²) in [5.41, 5.74) is 0.343. The lowest BCUT2D eigenvalue weighted by Gasteiger charge is -2.03. The minimum Gasteiger partial charge on any atom is -0.310 e. The first-order chi connectivity index (χ1) is 11.3. The number of nitrogens with one attached hydrogen (secondary N) is 2. The van der Waals surface area contributed by atoms with Gasteiger partial charge in [0.25, 0.3) is 11.6 Å². The summed E-state index contributed by atoms with van der Waals surface area (Å²) in [6.45, 7) is 0. The first-order valence-corrected chi connectivity index (χ1v) is 8.37. The summed E-state index contributed by atoms with van der Waals surface area (Å²) in [7, 11) is 0. The first-order valence-electron chi connectivity index (χ1n) is 6.27. The number of anilines is 1. The molecular weight excluding hydrogens is 376 g/mol. The fraction of sp³-hybridized carbons (Fsp3) is 0.0833. The smallest absolute Gasteiger partial charge is 0.295 e. The fourth-order valence-electron chi connectivity index (χ4n) is 1.89. The molecule has 2 N–H and O–H groups in total. The number of benzene rings is 1. The molecule has 2 heterocycles. The van der Waals surface area contributed by atoms with Crippen molar-refractivity contribution in [3.05, 3.63) is 28.3 Å². The number of carbonyl (C=O) groups is 3. The Kier molecular flexibility index (Phi) is 4.26. The van der Waals surface area contributed by atoms with Crippen LogP contribution in [0, 0.1) is 10.1 Å². The highest BCUT2D eigenvalue weighted by atomic mass is 32.2. The van der Waals surface area contributed by atoms with Crippen LogP contribution >= 0.6 is 35.3 Å². The summed E-state index contributed by atoms with van der Waals surface area (Å²) in [4.78, 5) is 49.8. The number of hydrogen-bond donors (Lipinski definition) is 2. The number of hydrogen-bond acceptors (Lipinski definition) is 9. The quantitative estimate of drug-likeness (QED) is 0.265. The number of nitro benzene ring substituents is 1. The molecule has 2 aromatic rings. The second kappa shape index (κ2) is 6.22. The Morgan fingerprint density at radius 1 is 1.42 bits per heavy atom. The van der Waals surface area contributed by atoms with E-state index in [1.165, 1.54) is 18.2 Å². The van der Waals surface area contributed by atoms with Crippen LogP contribution in [0.1, 0.15) is 0 Å². The van der Waals surface area contributed by atoms with Crippen LogP contribution in [-0.4, -0.2) is 37.1 Å². The number of non-ortho nitro benzene ring substituents is 1. The number of amides is 2. The SMILES string of the molecule is O=C(Nc1nc2ccc([N+](=O)[O-])cc2s1)C(=O)[C@H]1SC(=S)NC1=O. The number of rotatable bonds is 4. The van der Waals surface area contributed by atoms with Gasteiger partial charge in [0.15, 0.2) is 10.4 Å². The van der Waals surface area contributed by atoms with Crippen molar-refractivity contribution in [3.63, 3.8) is 0 Å². The molecule has 1 aromatic carbocycles. The Hall–Kier alpha value is -2.44. The molecule has 9 nitrogen and oxygen atoms in total. The molecule has 1 fully saturated rings. The Morgan fingerprint density at radius 2 is 2.17 bits per heavy atom. The van der Waals surface area contributed by atoms with E-state index in [2.05, 4.69) is 15.6 Å². The number of thioether (sulfide) groups is 1. The van der Waals surface area contributed by atoms with Crippen LogP contribution in [0.5, 0.6) is 0 Å². The molecule has 0 radical (unpaired) electrons. The lowest BCUT2D eigenvalue weighted by Crippen LogP contribution is -2.37. The van der Waals surface area contributed by atoms with E-state index in [9.17, 15) is 24.5 Å². The zero-order valence-corrected chi connectivity index (χ0v) is 13.9. The van der Waals surface area contributed by atoms with E-state index in [0.29, 0.717) is 10.2 Å². The topological polar surface area (TPSA) is 131 Å². The second-order valence-corrected chi connectivity index (χ2v) is 7.33. The molecule has 0 aliphatic carbocycles. The first kappa shape index (κ1) is 16.4. The molecule has 122 valence electrons. The van der Waals surface area contributed by atoms with Gasteiger partial charge in [0.05, 0.1) is 15.1 Å². The molecule has 0 unspecified atom stereocenters. The lowest BCUT2D eigenvalue weighted by atomic mass is 10.2. The van der Waals surface area contributed by atoms with Gasteiger partial charge in [0, 0.05) is 12.1 Å². The molecule has 1 aliphatic heterocycles. The summed E-state index contributed by atoms with van der Waals surface area (Å²) in [5.74, 6) is -2.58. The summed E-state index contributed by atoms with van der Waals surface area (Å²) in [6.07, 6.45) is 0. The molecule has 0 spiro atoms. The summed E-state index contributed by atoms with van der Waals surface area (Å²) >= 11 is 6.55. The van der Waals surface area contributed by atoms with Gasteiger partial charge in [0.1, 0.15) is 4.32 Å². The second-order valence-electron chi connectivity index (χ2n) is 4.52. The Bertz CT molecular complexity index is 925. The van der Waals surface area contributed by atoms with Crippen molar-refractivity contribution in [2.24, 2.45) is 0 Å². The molecule has 3 rings (SSSR count). The molecule has 2 amide bonds. The maximum Gasteiger partial charge on any atom is 0.295 e. The van der Waals surface area contributed by atoms with Crippen molar-refractivity contribution >= 4 is 78.3 Å². The van der Waals surface area contributed by atoms with Crippen LogP contribution in [0.3, 0.4) is 0 Å². The molecule has 0 saturated carbocycles. The van der Waals surface area contributed by atoms with E-state index in [1.54, 1.807) is 0 Å². The van der Waals surface area contributed by atoms with Gasteiger partial charge in [-0.15, -0.1) is 0 Å². The van der Waals surface area contributed by atoms with Crippen molar-refractivity contribution in [2.45, 2.75) is 5.25 Å². The van der Waals surface area contributed by atoms with Crippen molar-refractivity contribution in [1.82, 2.24) is 10.3 Å².